The molecule has 3 aromatic rings. The molecule has 1 saturated carbocycles. The lowest BCUT2D eigenvalue weighted by Gasteiger charge is -2.30. The predicted molar refractivity (Wildman–Crippen MR) is 126 cm³/mol. The zero-order chi connectivity index (χ0) is 25.2. The first-order valence-electron chi connectivity index (χ1n) is 11.0. The topological polar surface area (TPSA) is 122 Å². The van der Waals surface area contributed by atoms with Crippen LogP contribution in [0, 0.1) is 4.78 Å². The van der Waals surface area contributed by atoms with Gasteiger partial charge in [-0.15, -0.1) is 0 Å². The van der Waals surface area contributed by atoms with Crippen LogP contribution in [0.15, 0.2) is 65.8 Å². The molecule has 0 spiro atoms. The van der Waals surface area contributed by atoms with E-state index in [-0.39, 0.29) is 17.0 Å². The number of alkyl halides is 3. The summed E-state index contributed by atoms with van der Waals surface area (Å²) in [6.07, 6.45) is 0.228. The monoisotopic (exact) mass is 503 g/mol. The third kappa shape index (κ3) is 5.61. The fourth-order valence-electron chi connectivity index (χ4n) is 4.18. The van der Waals surface area contributed by atoms with Gasteiger partial charge in [-0.2, -0.15) is 13.2 Å². The van der Waals surface area contributed by atoms with Crippen molar-refractivity contribution in [1.29, 1.82) is 4.78 Å². The summed E-state index contributed by atoms with van der Waals surface area (Å²) in [5, 5.41) is 2.81. The highest BCUT2D eigenvalue weighted by Gasteiger charge is 2.32. The van der Waals surface area contributed by atoms with E-state index in [1.54, 1.807) is 36.4 Å². The number of nitrogens with two attached hydrogens (primary N) is 1. The maximum Gasteiger partial charge on any atom is 0.417 e. The number of carbonyl (C=O) groups excluding carboxylic acids is 1. The highest BCUT2D eigenvalue weighted by Crippen LogP contribution is 2.33. The molecule has 2 heterocycles. The molecule has 0 aliphatic heterocycles. The number of carbonyl (C=O) groups is 1. The average Bonchev–Trinajstić information content (AvgIpc) is 2.84. The Hall–Kier alpha value is -3.47. The van der Waals surface area contributed by atoms with Crippen molar-refractivity contribution < 1.29 is 22.2 Å². The van der Waals surface area contributed by atoms with E-state index in [2.05, 4.69) is 15.3 Å². The van der Waals surface area contributed by atoms with Gasteiger partial charge in [0.1, 0.15) is 11.5 Å². The molecule has 0 saturated heterocycles. The van der Waals surface area contributed by atoms with Crippen molar-refractivity contribution >= 4 is 21.5 Å². The van der Waals surface area contributed by atoms with Gasteiger partial charge in [0.15, 0.2) is 0 Å². The number of nitrogens with zero attached hydrogens (tertiary/aromatic N) is 2. The van der Waals surface area contributed by atoms with Gasteiger partial charge in [0.2, 0.25) is 0 Å². The molecule has 1 aromatic carbocycles. The van der Waals surface area contributed by atoms with E-state index in [0.717, 1.165) is 23.4 Å². The molecule has 7 nitrogen and oxygen atoms in total. The van der Waals surface area contributed by atoms with E-state index in [1.807, 2.05) is 0 Å². The van der Waals surface area contributed by atoms with Crippen LogP contribution in [-0.4, -0.2) is 31.4 Å². The smallest absolute Gasteiger partial charge is 0.367 e. The second kappa shape index (κ2) is 9.65. The minimum absolute atomic E-state index is 0.0146. The van der Waals surface area contributed by atoms with Crippen molar-refractivity contribution in [1.82, 2.24) is 9.97 Å². The number of primary amides is 1. The number of hydrogen-bond donors (Lipinski definition) is 3. The van der Waals surface area contributed by atoms with E-state index >= 15 is 0 Å². The summed E-state index contributed by atoms with van der Waals surface area (Å²) in [6, 6.07) is 12.5. The standard InChI is InChI=1S/C24H24F3N5O2S/c25-24(26,27)17-3-10-22(31-14-17)32-18-4-8-20(9-5-18)35(29,34)19-6-1-15(2-7-19)16-11-12-30-21(13-16)23(28)33/h1-3,6-7,10-14,18,20,29H,4-5,8-9H2,(H2,28,33)(H,31,32)/t18-,20-,35?. The molecule has 2 aromatic heterocycles. The van der Waals surface area contributed by atoms with E-state index in [0.29, 0.717) is 36.4 Å². The van der Waals surface area contributed by atoms with Crippen LogP contribution in [-0.2, 0) is 15.9 Å². The zero-order valence-corrected chi connectivity index (χ0v) is 19.4. The first-order chi connectivity index (χ1) is 16.5. The SMILES string of the molecule is N=S(=O)(c1ccc(-c2ccnc(C(N)=O)c2)cc1)[C@H]1CC[C@H](Nc2ccc(C(F)(F)F)cn2)CC1. The number of benzene rings is 1. The van der Waals surface area contributed by atoms with Crippen LogP contribution in [0.5, 0.6) is 0 Å². The largest absolute Gasteiger partial charge is 0.417 e. The Kier molecular flexibility index (Phi) is 6.79. The number of halogens is 3. The second-order valence-electron chi connectivity index (χ2n) is 8.47. The van der Waals surface area contributed by atoms with Crippen LogP contribution < -0.4 is 11.1 Å². The lowest BCUT2D eigenvalue weighted by molar-refractivity contribution is -0.137. The molecular weight excluding hydrogens is 479 g/mol. The fourth-order valence-corrected chi connectivity index (χ4v) is 6.04. The number of pyridine rings is 2. The van der Waals surface area contributed by atoms with E-state index < -0.39 is 27.4 Å². The molecule has 35 heavy (non-hydrogen) atoms. The van der Waals surface area contributed by atoms with E-state index in [4.69, 9.17) is 10.5 Å². The van der Waals surface area contributed by atoms with Crippen LogP contribution in [0.2, 0.25) is 0 Å². The minimum atomic E-state index is -4.43. The highest BCUT2D eigenvalue weighted by molar-refractivity contribution is 7.93. The Morgan fingerprint density at radius 3 is 2.26 bits per heavy atom. The number of anilines is 1. The van der Waals surface area contributed by atoms with Gasteiger partial charge in [0.25, 0.3) is 5.91 Å². The molecule has 4 N–H and O–H groups in total. The maximum absolute atomic E-state index is 13.4. The Balaban J connectivity index is 1.39. The van der Waals surface area contributed by atoms with Crippen LogP contribution in [0.4, 0.5) is 19.0 Å². The van der Waals surface area contributed by atoms with Gasteiger partial charge >= 0.3 is 6.18 Å². The highest BCUT2D eigenvalue weighted by atomic mass is 32.2. The molecule has 4 rings (SSSR count). The first kappa shape index (κ1) is 24.6. The van der Waals surface area contributed by atoms with Crippen molar-refractivity contribution in [3.8, 4) is 11.1 Å². The number of amides is 1. The van der Waals surface area contributed by atoms with Gasteiger partial charge in [-0.3, -0.25) is 9.78 Å². The van der Waals surface area contributed by atoms with Crippen molar-refractivity contribution in [2.45, 2.75) is 48.0 Å². The fraction of sp³-hybridized carbons (Fsp3) is 0.292. The van der Waals surface area contributed by atoms with Gasteiger partial charge in [0, 0.05) is 28.6 Å². The molecule has 1 amide bonds. The third-order valence-electron chi connectivity index (χ3n) is 6.14. The van der Waals surface area contributed by atoms with Crippen molar-refractivity contribution in [3.05, 3.63) is 72.2 Å². The van der Waals surface area contributed by atoms with Gasteiger partial charge in [-0.25, -0.2) is 14.0 Å². The second-order valence-corrected chi connectivity index (χ2v) is 10.8. The molecule has 184 valence electrons. The Morgan fingerprint density at radius 2 is 1.69 bits per heavy atom. The number of rotatable bonds is 6. The quantitative estimate of drug-likeness (QED) is 0.433. The zero-order valence-electron chi connectivity index (χ0n) is 18.6. The van der Waals surface area contributed by atoms with E-state index in [9.17, 15) is 22.2 Å². The predicted octanol–water partition coefficient (Wildman–Crippen LogP) is 5.09. The molecule has 11 heteroatoms. The summed E-state index contributed by atoms with van der Waals surface area (Å²) < 4.78 is 60.1. The Morgan fingerprint density at radius 1 is 1.00 bits per heavy atom. The molecule has 1 atom stereocenters. The van der Waals surface area contributed by atoms with Crippen molar-refractivity contribution in [2.75, 3.05) is 5.32 Å². The molecule has 1 unspecified atom stereocenters. The summed E-state index contributed by atoms with van der Waals surface area (Å²) in [6.45, 7) is 0. The minimum Gasteiger partial charge on any atom is -0.367 e. The number of aromatic nitrogens is 2. The molecule has 1 fully saturated rings. The maximum atomic E-state index is 13.4. The third-order valence-corrected chi connectivity index (χ3v) is 8.52. The molecule has 1 aliphatic carbocycles. The van der Waals surface area contributed by atoms with Gasteiger partial charge < -0.3 is 11.1 Å². The number of hydrogen-bond acceptors (Lipinski definition) is 6. The first-order valence-corrected chi connectivity index (χ1v) is 12.6. The van der Waals surface area contributed by atoms with Crippen LogP contribution in [0.25, 0.3) is 11.1 Å². The van der Waals surface area contributed by atoms with Crippen molar-refractivity contribution in [2.24, 2.45) is 5.73 Å². The van der Waals surface area contributed by atoms with Crippen LogP contribution in [0.3, 0.4) is 0 Å². The molecular formula is C24H24F3N5O2S. The van der Waals surface area contributed by atoms with Gasteiger partial charge in [-0.1, -0.05) is 12.1 Å². The Bertz CT molecular complexity index is 1300. The molecule has 0 bridgehead atoms. The van der Waals surface area contributed by atoms with Crippen LogP contribution in [0.1, 0.15) is 41.7 Å². The molecule has 1 aliphatic rings. The Labute approximate surface area is 201 Å². The summed E-state index contributed by atoms with van der Waals surface area (Å²) >= 11 is 0. The van der Waals surface area contributed by atoms with Gasteiger partial charge in [0.05, 0.1) is 15.3 Å². The summed E-state index contributed by atoms with van der Waals surface area (Å²) in [7, 11) is -3.06. The summed E-state index contributed by atoms with van der Waals surface area (Å²) in [5.74, 6) is -0.268. The van der Waals surface area contributed by atoms with Crippen LogP contribution >= 0.6 is 0 Å². The lowest BCUT2D eigenvalue weighted by atomic mass is 9.95. The van der Waals surface area contributed by atoms with Crippen molar-refractivity contribution in [3.63, 3.8) is 0 Å². The number of nitrogens with one attached hydrogen (secondary N) is 2. The lowest BCUT2D eigenvalue weighted by Crippen LogP contribution is -2.32. The van der Waals surface area contributed by atoms with E-state index in [1.165, 1.54) is 12.3 Å². The molecule has 0 radical (unpaired) electrons. The van der Waals surface area contributed by atoms with Gasteiger partial charge in [-0.05, 0) is 73.2 Å². The average molecular weight is 504 g/mol. The normalized spacial score (nSPS) is 20.1. The summed E-state index contributed by atoms with van der Waals surface area (Å²) in [5.41, 5.74) is 6.15. The summed E-state index contributed by atoms with van der Waals surface area (Å²) in [4.78, 5) is 19.6.